The number of primary amides is 1. The number of carbonyl (C=O) groups is 1. The van der Waals surface area contributed by atoms with E-state index in [0.29, 0.717) is 13.0 Å². The van der Waals surface area contributed by atoms with E-state index < -0.39 is 11.7 Å². The lowest BCUT2D eigenvalue weighted by Gasteiger charge is -2.28. The van der Waals surface area contributed by atoms with Gasteiger partial charge < -0.3 is 16.2 Å². The van der Waals surface area contributed by atoms with Gasteiger partial charge in [0.05, 0.1) is 0 Å². The molecule has 0 fully saturated rings. The molecule has 0 aromatic heterocycles. The molecule has 0 radical (unpaired) electrons. The molecule has 0 heterocycles. The average Bonchev–Trinajstić information content (AvgIpc) is 2.24. The zero-order valence-electron chi connectivity index (χ0n) is 10.7. The lowest BCUT2D eigenvalue weighted by molar-refractivity contribution is 0.0342. The highest BCUT2D eigenvalue weighted by Gasteiger charge is 2.27. The standard InChI is InChI=1S/C13H19FN2O2/c1-13(2,18-12(16)17)7-10(8-15)9-4-3-5-11(14)6-9/h3-6,10H,7-8,15H2,1-2H3,(H2,16,17). The van der Waals surface area contributed by atoms with Gasteiger partial charge in [0.25, 0.3) is 0 Å². The van der Waals surface area contributed by atoms with Gasteiger partial charge >= 0.3 is 6.09 Å². The lowest BCUT2D eigenvalue weighted by Crippen LogP contribution is -2.34. The summed E-state index contributed by atoms with van der Waals surface area (Å²) in [5, 5.41) is 0. The zero-order chi connectivity index (χ0) is 13.8. The van der Waals surface area contributed by atoms with Crippen molar-refractivity contribution in [1.82, 2.24) is 0 Å². The molecule has 4 nitrogen and oxygen atoms in total. The Morgan fingerprint density at radius 2 is 2.17 bits per heavy atom. The third-order valence-electron chi connectivity index (χ3n) is 2.72. The number of carbonyl (C=O) groups excluding carboxylic acids is 1. The average molecular weight is 254 g/mol. The number of benzene rings is 1. The summed E-state index contributed by atoms with van der Waals surface area (Å²) in [5.74, 6) is -0.394. The third kappa shape index (κ3) is 4.33. The first kappa shape index (κ1) is 14.4. The van der Waals surface area contributed by atoms with Crippen molar-refractivity contribution in [2.45, 2.75) is 31.8 Å². The molecule has 1 rings (SSSR count). The molecule has 0 bridgehead atoms. The molecule has 0 saturated heterocycles. The van der Waals surface area contributed by atoms with Crippen LogP contribution in [-0.2, 0) is 4.74 Å². The van der Waals surface area contributed by atoms with E-state index in [1.807, 2.05) is 0 Å². The van der Waals surface area contributed by atoms with E-state index >= 15 is 0 Å². The van der Waals surface area contributed by atoms with Crippen LogP contribution in [0.15, 0.2) is 24.3 Å². The first-order chi connectivity index (χ1) is 8.34. The van der Waals surface area contributed by atoms with Crippen LogP contribution >= 0.6 is 0 Å². The summed E-state index contributed by atoms with van der Waals surface area (Å²) in [4.78, 5) is 10.8. The molecule has 100 valence electrons. The van der Waals surface area contributed by atoms with Gasteiger partial charge in [0.2, 0.25) is 0 Å². The Balaban J connectivity index is 2.82. The second-order valence-electron chi connectivity index (χ2n) is 4.87. The fourth-order valence-electron chi connectivity index (χ4n) is 2.01. The zero-order valence-corrected chi connectivity index (χ0v) is 10.7. The molecule has 1 atom stereocenters. The molecular formula is C13H19FN2O2. The van der Waals surface area contributed by atoms with Crippen LogP contribution in [0, 0.1) is 5.82 Å². The summed E-state index contributed by atoms with van der Waals surface area (Å²) < 4.78 is 18.2. The Hall–Kier alpha value is -1.62. The first-order valence-corrected chi connectivity index (χ1v) is 5.78. The number of hydrogen-bond donors (Lipinski definition) is 2. The van der Waals surface area contributed by atoms with Crippen molar-refractivity contribution < 1.29 is 13.9 Å². The maximum absolute atomic E-state index is 13.2. The Morgan fingerprint density at radius 3 is 2.67 bits per heavy atom. The molecule has 1 amide bonds. The predicted molar refractivity (Wildman–Crippen MR) is 67.6 cm³/mol. The first-order valence-electron chi connectivity index (χ1n) is 5.78. The fourth-order valence-corrected chi connectivity index (χ4v) is 2.01. The molecular weight excluding hydrogens is 235 g/mol. The van der Waals surface area contributed by atoms with Gasteiger partial charge in [-0.3, -0.25) is 0 Å². The van der Waals surface area contributed by atoms with Crippen molar-refractivity contribution >= 4 is 6.09 Å². The van der Waals surface area contributed by atoms with Gasteiger partial charge in [-0.2, -0.15) is 0 Å². The number of ether oxygens (including phenoxy) is 1. The van der Waals surface area contributed by atoms with Crippen LogP contribution in [0.5, 0.6) is 0 Å². The summed E-state index contributed by atoms with van der Waals surface area (Å²) in [7, 11) is 0. The number of halogens is 1. The molecule has 4 N–H and O–H groups in total. The van der Waals surface area contributed by atoms with E-state index in [1.54, 1.807) is 26.0 Å². The van der Waals surface area contributed by atoms with Gasteiger partial charge in [-0.05, 0) is 50.4 Å². The van der Waals surface area contributed by atoms with Crippen molar-refractivity contribution in [1.29, 1.82) is 0 Å². The Kier molecular flexibility index (Phi) is 4.67. The minimum Gasteiger partial charge on any atom is -0.444 e. The molecule has 1 aromatic rings. The van der Waals surface area contributed by atoms with Crippen LogP contribution in [0.1, 0.15) is 31.7 Å². The largest absolute Gasteiger partial charge is 0.444 e. The van der Waals surface area contributed by atoms with Gasteiger partial charge in [0, 0.05) is 0 Å². The number of amides is 1. The van der Waals surface area contributed by atoms with Crippen molar-refractivity contribution in [2.24, 2.45) is 11.5 Å². The van der Waals surface area contributed by atoms with Gasteiger partial charge in [-0.1, -0.05) is 12.1 Å². The minimum absolute atomic E-state index is 0.0879. The molecule has 0 saturated carbocycles. The Bertz CT molecular complexity index is 421. The van der Waals surface area contributed by atoms with E-state index in [2.05, 4.69) is 0 Å². The van der Waals surface area contributed by atoms with E-state index in [9.17, 15) is 9.18 Å². The van der Waals surface area contributed by atoms with Crippen LogP contribution in [-0.4, -0.2) is 18.2 Å². The number of hydrogen-bond acceptors (Lipinski definition) is 3. The molecule has 1 unspecified atom stereocenters. The summed E-state index contributed by atoms with van der Waals surface area (Å²) >= 11 is 0. The van der Waals surface area contributed by atoms with Crippen molar-refractivity contribution in [2.75, 3.05) is 6.54 Å². The molecule has 18 heavy (non-hydrogen) atoms. The maximum Gasteiger partial charge on any atom is 0.405 e. The normalized spacial score (nSPS) is 13.1. The van der Waals surface area contributed by atoms with Crippen LogP contribution in [0.2, 0.25) is 0 Å². The van der Waals surface area contributed by atoms with E-state index in [4.69, 9.17) is 16.2 Å². The Labute approximate surface area is 106 Å². The topological polar surface area (TPSA) is 78.3 Å². The SMILES string of the molecule is CC(C)(CC(CN)c1cccc(F)c1)OC(N)=O. The van der Waals surface area contributed by atoms with Crippen LogP contribution in [0.4, 0.5) is 9.18 Å². The second-order valence-corrected chi connectivity index (χ2v) is 4.87. The summed E-state index contributed by atoms with van der Waals surface area (Å²) in [5.41, 5.74) is 10.8. The summed E-state index contributed by atoms with van der Waals surface area (Å²) in [6.45, 7) is 3.84. The second kappa shape index (κ2) is 5.82. The number of nitrogens with two attached hydrogens (primary N) is 2. The van der Waals surface area contributed by atoms with Gasteiger partial charge in [0.15, 0.2) is 0 Å². The van der Waals surface area contributed by atoms with Crippen molar-refractivity contribution in [3.8, 4) is 0 Å². The summed E-state index contributed by atoms with van der Waals surface area (Å²) in [6, 6.07) is 6.26. The molecule has 1 aromatic carbocycles. The van der Waals surface area contributed by atoms with Crippen LogP contribution in [0.25, 0.3) is 0 Å². The lowest BCUT2D eigenvalue weighted by atomic mass is 9.88. The van der Waals surface area contributed by atoms with Gasteiger partial charge in [-0.25, -0.2) is 9.18 Å². The number of rotatable bonds is 5. The van der Waals surface area contributed by atoms with Crippen LogP contribution in [0.3, 0.4) is 0 Å². The molecule has 0 aliphatic rings. The minimum atomic E-state index is -0.824. The predicted octanol–water partition coefficient (Wildman–Crippen LogP) is 2.13. The molecule has 0 aliphatic carbocycles. The van der Waals surface area contributed by atoms with Crippen molar-refractivity contribution in [3.05, 3.63) is 35.6 Å². The van der Waals surface area contributed by atoms with E-state index in [1.165, 1.54) is 12.1 Å². The monoisotopic (exact) mass is 254 g/mol. The highest BCUT2D eigenvalue weighted by atomic mass is 19.1. The van der Waals surface area contributed by atoms with Gasteiger partial charge in [0.1, 0.15) is 11.4 Å². The van der Waals surface area contributed by atoms with Crippen molar-refractivity contribution in [3.63, 3.8) is 0 Å². The maximum atomic E-state index is 13.2. The van der Waals surface area contributed by atoms with Crippen LogP contribution < -0.4 is 11.5 Å². The Morgan fingerprint density at radius 1 is 1.50 bits per heavy atom. The highest BCUT2D eigenvalue weighted by molar-refractivity contribution is 5.65. The fraction of sp³-hybridized carbons (Fsp3) is 0.462. The quantitative estimate of drug-likeness (QED) is 0.844. The van der Waals surface area contributed by atoms with Gasteiger partial charge in [-0.15, -0.1) is 0 Å². The summed E-state index contributed by atoms with van der Waals surface area (Å²) in [6.07, 6.45) is -0.342. The third-order valence-corrected chi connectivity index (χ3v) is 2.72. The molecule has 0 aliphatic heterocycles. The van der Waals surface area contributed by atoms with E-state index in [0.717, 1.165) is 5.56 Å². The molecule has 0 spiro atoms. The molecule has 5 heteroatoms. The smallest absolute Gasteiger partial charge is 0.405 e. The highest BCUT2D eigenvalue weighted by Crippen LogP contribution is 2.28. The van der Waals surface area contributed by atoms with E-state index in [-0.39, 0.29) is 11.7 Å².